The maximum atomic E-state index is 12.0. The predicted molar refractivity (Wildman–Crippen MR) is 73.4 cm³/mol. The lowest BCUT2D eigenvalue weighted by atomic mass is 10.0. The molecule has 1 saturated carbocycles. The maximum Gasteiger partial charge on any atom is 0.224 e. The number of nitrogens with two attached hydrogens (primary N) is 1. The molecule has 1 aliphatic carbocycles. The summed E-state index contributed by atoms with van der Waals surface area (Å²) in [4.78, 5) is 12.0. The lowest BCUT2D eigenvalue weighted by Gasteiger charge is -2.13. The van der Waals surface area contributed by atoms with Gasteiger partial charge in [-0.1, -0.05) is 23.8 Å². The third kappa shape index (κ3) is 3.33. The maximum absolute atomic E-state index is 12.0. The van der Waals surface area contributed by atoms with E-state index < -0.39 is 0 Å². The van der Waals surface area contributed by atoms with Crippen molar-refractivity contribution in [3.05, 3.63) is 34.9 Å². The van der Waals surface area contributed by atoms with Gasteiger partial charge in [-0.2, -0.15) is 0 Å². The summed E-state index contributed by atoms with van der Waals surface area (Å²) in [5.74, 6) is 0.114. The van der Waals surface area contributed by atoms with Crippen LogP contribution in [-0.4, -0.2) is 18.0 Å². The average Bonchev–Trinajstić information content (AvgIpc) is 2.69. The van der Waals surface area contributed by atoms with Crippen LogP contribution in [0.5, 0.6) is 0 Å². The zero-order valence-corrected chi connectivity index (χ0v) is 11.2. The van der Waals surface area contributed by atoms with E-state index >= 15 is 0 Å². The molecule has 1 amide bonds. The Morgan fingerprint density at radius 3 is 2.83 bits per heavy atom. The molecule has 1 aromatic carbocycles. The molecular formula is C15H22N2O. The quantitative estimate of drug-likeness (QED) is 0.855. The van der Waals surface area contributed by atoms with Crippen molar-refractivity contribution in [3.63, 3.8) is 0 Å². The van der Waals surface area contributed by atoms with Crippen LogP contribution in [0.2, 0.25) is 0 Å². The summed E-state index contributed by atoms with van der Waals surface area (Å²) >= 11 is 0. The van der Waals surface area contributed by atoms with Crippen LogP contribution >= 0.6 is 0 Å². The first-order valence-electron chi connectivity index (χ1n) is 6.65. The van der Waals surface area contributed by atoms with Gasteiger partial charge in [0.2, 0.25) is 5.91 Å². The van der Waals surface area contributed by atoms with Crippen LogP contribution in [0.1, 0.15) is 36.0 Å². The Bertz CT molecular complexity index is 442. The zero-order chi connectivity index (χ0) is 13.1. The highest BCUT2D eigenvalue weighted by molar-refractivity contribution is 5.79. The van der Waals surface area contributed by atoms with E-state index in [9.17, 15) is 4.79 Å². The lowest BCUT2D eigenvalue weighted by Crippen LogP contribution is -2.35. The highest BCUT2D eigenvalue weighted by Crippen LogP contribution is 2.17. The summed E-state index contributed by atoms with van der Waals surface area (Å²) in [7, 11) is 0. The summed E-state index contributed by atoms with van der Waals surface area (Å²) < 4.78 is 0. The Labute approximate surface area is 109 Å². The highest BCUT2D eigenvalue weighted by Gasteiger charge is 2.23. The molecule has 2 unspecified atom stereocenters. The summed E-state index contributed by atoms with van der Waals surface area (Å²) in [6.45, 7) is 4.10. The predicted octanol–water partition coefficient (Wildman–Crippen LogP) is 1.84. The van der Waals surface area contributed by atoms with Crippen molar-refractivity contribution in [1.82, 2.24) is 5.32 Å². The molecule has 0 aliphatic heterocycles. The highest BCUT2D eigenvalue weighted by atomic mass is 16.1. The molecule has 2 rings (SSSR count). The van der Waals surface area contributed by atoms with Gasteiger partial charge < -0.3 is 11.1 Å². The fourth-order valence-electron chi connectivity index (χ4n) is 2.59. The molecule has 1 fully saturated rings. The SMILES string of the molecule is Cc1ccc(C)c(CC(=O)NC2CCC(N)C2)c1. The summed E-state index contributed by atoms with van der Waals surface area (Å²) in [5, 5.41) is 3.09. The van der Waals surface area contributed by atoms with E-state index in [1.165, 1.54) is 11.1 Å². The second-order valence-corrected chi connectivity index (χ2v) is 5.44. The van der Waals surface area contributed by atoms with Gasteiger partial charge in [0.15, 0.2) is 0 Å². The monoisotopic (exact) mass is 246 g/mol. The van der Waals surface area contributed by atoms with Crippen molar-refractivity contribution in [1.29, 1.82) is 0 Å². The van der Waals surface area contributed by atoms with Crippen LogP contribution < -0.4 is 11.1 Å². The standard InChI is InChI=1S/C15H22N2O/c1-10-3-4-11(2)12(7-10)8-15(18)17-14-6-5-13(16)9-14/h3-4,7,13-14H,5-6,8-9,16H2,1-2H3,(H,17,18). The van der Waals surface area contributed by atoms with E-state index in [1.54, 1.807) is 0 Å². The smallest absolute Gasteiger partial charge is 0.224 e. The molecule has 3 nitrogen and oxygen atoms in total. The first-order valence-corrected chi connectivity index (χ1v) is 6.65. The number of rotatable bonds is 3. The number of carbonyl (C=O) groups excluding carboxylic acids is 1. The van der Waals surface area contributed by atoms with Crippen LogP contribution in [-0.2, 0) is 11.2 Å². The van der Waals surface area contributed by atoms with Gasteiger partial charge in [-0.15, -0.1) is 0 Å². The molecule has 3 heteroatoms. The van der Waals surface area contributed by atoms with Crippen LogP contribution in [0.4, 0.5) is 0 Å². The minimum absolute atomic E-state index is 0.114. The van der Waals surface area contributed by atoms with Crippen LogP contribution in [0, 0.1) is 13.8 Å². The minimum Gasteiger partial charge on any atom is -0.353 e. The van der Waals surface area contributed by atoms with E-state index in [0.29, 0.717) is 6.42 Å². The van der Waals surface area contributed by atoms with Gasteiger partial charge in [0.05, 0.1) is 6.42 Å². The third-order valence-corrected chi connectivity index (χ3v) is 3.69. The number of amides is 1. The second-order valence-electron chi connectivity index (χ2n) is 5.44. The molecular weight excluding hydrogens is 224 g/mol. The van der Waals surface area contributed by atoms with Gasteiger partial charge in [0.1, 0.15) is 0 Å². The minimum atomic E-state index is 0.114. The van der Waals surface area contributed by atoms with E-state index in [0.717, 1.165) is 24.8 Å². The average molecular weight is 246 g/mol. The van der Waals surface area contributed by atoms with Gasteiger partial charge in [0.25, 0.3) is 0 Å². The Kier molecular flexibility index (Phi) is 4.02. The van der Waals surface area contributed by atoms with E-state index in [1.807, 2.05) is 6.92 Å². The number of carbonyl (C=O) groups is 1. The van der Waals surface area contributed by atoms with Crippen LogP contribution in [0.3, 0.4) is 0 Å². The molecule has 0 radical (unpaired) electrons. The zero-order valence-electron chi connectivity index (χ0n) is 11.2. The third-order valence-electron chi connectivity index (χ3n) is 3.69. The molecule has 1 aliphatic rings. The number of hydrogen-bond donors (Lipinski definition) is 2. The fourth-order valence-corrected chi connectivity index (χ4v) is 2.59. The molecule has 0 spiro atoms. The van der Waals surface area contributed by atoms with Crippen molar-refractivity contribution >= 4 is 5.91 Å². The Hall–Kier alpha value is -1.35. The topological polar surface area (TPSA) is 55.1 Å². The van der Waals surface area contributed by atoms with Gasteiger partial charge in [-0.3, -0.25) is 4.79 Å². The number of aryl methyl sites for hydroxylation is 2. The molecule has 0 aromatic heterocycles. The van der Waals surface area contributed by atoms with Crippen LogP contribution in [0.15, 0.2) is 18.2 Å². The van der Waals surface area contributed by atoms with Gasteiger partial charge in [-0.05, 0) is 44.2 Å². The second kappa shape index (κ2) is 5.53. The Morgan fingerprint density at radius 1 is 1.39 bits per heavy atom. The Balaban J connectivity index is 1.92. The molecule has 0 heterocycles. The number of benzene rings is 1. The van der Waals surface area contributed by atoms with Crippen molar-refractivity contribution in [3.8, 4) is 0 Å². The van der Waals surface area contributed by atoms with Gasteiger partial charge in [0, 0.05) is 12.1 Å². The van der Waals surface area contributed by atoms with Crippen LogP contribution in [0.25, 0.3) is 0 Å². The normalized spacial score (nSPS) is 23.1. The van der Waals surface area contributed by atoms with Gasteiger partial charge in [-0.25, -0.2) is 0 Å². The van der Waals surface area contributed by atoms with E-state index in [4.69, 9.17) is 5.73 Å². The molecule has 2 atom stereocenters. The number of nitrogens with one attached hydrogen (secondary N) is 1. The van der Waals surface area contributed by atoms with Crippen molar-refractivity contribution < 1.29 is 4.79 Å². The molecule has 3 N–H and O–H groups in total. The summed E-state index contributed by atoms with van der Waals surface area (Å²) in [6, 6.07) is 6.78. The summed E-state index contributed by atoms with van der Waals surface area (Å²) in [5.41, 5.74) is 9.35. The molecule has 0 saturated heterocycles. The molecule has 98 valence electrons. The first kappa shape index (κ1) is 13.1. The van der Waals surface area contributed by atoms with Gasteiger partial charge >= 0.3 is 0 Å². The largest absolute Gasteiger partial charge is 0.353 e. The summed E-state index contributed by atoms with van der Waals surface area (Å²) in [6.07, 6.45) is 3.42. The molecule has 18 heavy (non-hydrogen) atoms. The van der Waals surface area contributed by atoms with E-state index in [-0.39, 0.29) is 18.0 Å². The Morgan fingerprint density at radius 2 is 2.17 bits per heavy atom. The van der Waals surface area contributed by atoms with Crippen molar-refractivity contribution in [2.75, 3.05) is 0 Å². The lowest BCUT2D eigenvalue weighted by molar-refractivity contribution is -0.121. The fraction of sp³-hybridized carbons (Fsp3) is 0.533. The van der Waals surface area contributed by atoms with E-state index in [2.05, 4.69) is 30.4 Å². The van der Waals surface area contributed by atoms with Crippen molar-refractivity contribution in [2.45, 2.75) is 51.6 Å². The molecule has 0 bridgehead atoms. The number of hydrogen-bond acceptors (Lipinski definition) is 2. The first-order chi connectivity index (χ1) is 8.54. The molecule has 1 aromatic rings. The van der Waals surface area contributed by atoms with Crippen molar-refractivity contribution in [2.24, 2.45) is 5.73 Å².